The highest BCUT2D eigenvalue weighted by molar-refractivity contribution is 5.99. The SMILES string of the molecule is COc1ccccc1COc1ccc(Nc2ncnc3ccc4c(c23)OCCN4)cc1. The first kappa shape index (κ1) is 19.0. The van der Waals surface area contributed by atoms with Crippen LogP contribution in [-0.2, 0) is 6.61 Å². The Hall–Kier alpha value is -4.00. The molecular formula is C24H22N4O3. The predicted molar refractivity (Wildman–Crippen MR) is 121 cm³/mol. The van der Waals surface area contributed by atoms with E-state index in [0.29, 0.717) is 19.0 Å². The molecule has 0 radical (unpaired) electrons. The van der Waals surface area contributed by atoms with Gasteiger partial charge in [0.15, 0.2) is 5.75 Å². The van der Waals surface area contributed by atoms with Gasteiger partial charge in [0, 0.05) is 17.8 Å². The summed E-state index contributed by atoms with van der Waals surface area (Å²) in [7, 11) is 1.66. The van der Waals surface area contributed by atoms with Crippen LogP contribution >= 0.6 is 0 Å². The molecule has 156 valence electrons. The minimum Gasteiger partial charge on any atom is -0.496 e. The van der Waals surface area contributed by atoms with E-state index < -0.39 is 0 Å². The van der Waals surface area contributed by atoms with Crippen LogP contribution in [0.5, 0.6) is 17.2 Å². The molecule has 5 rings (SSSR count). The van der Waals surface area contributed by atoms with E-state index in [9.17, 15) is 0 Å². The third kappa shape index (κ3) is 3.90. The highest BCUT2D eigenvalue weighted by atomic mass is 16.5. The molecule has 0 unspecified atom stereocenters. The van der Waals surface area contributed by atoms with Gasteiger partial charge >= 0.3 is 0 Å². The maximum absolute atomic E-state index is 5.92. The Balaban J connectivity index is 1.35. The molecule has 7 nitrogen and oxygen atoms in total. The third-order valence-electron chi connectivity index (χ3n) is 5.12. The van der Waals surface area contributed by atoms with E-state index >= 15 is 0 Å². The number of para-hydroxylation sites is 1. The minimum atomic E-state index is 0.434. The van der Waals surface area contributed by atoms with Crippen molar-refractivity contribution in [1.82, 2.24) is 9.97 Å². The topological polar surface area (TPSA) is 77.5 Å². The molecule has 4 aromatic rings. The van der Waals surface area contributed by atoms with Gasteiger partial charge in [-0.1, -0.05) is 18.2 Å². The molecule has 0 saturated heterocycles. The zero-order valence-electron chi connectivity index (χ0n) is 17.1. The van der Waals surface area contributed by atoms with Gasteiger partial charge in [-0.05, 0) is 42.5 Å². The third-order valence-corrected chi connectivity index (χ3v) is 5.12. The number of methoxy groups -OCH3 is 1. The van der Waals surface area contributed by atoms with Crippen molar-refractivity contribution in [2.75, 3.05) is 30.9 Å². The Morgan fingerprint density at radius 1 is 1.03 bits per heavy atom. The molecule has 2 N–H and O–H groups in total. The lowest BCUT2D eigenvalue weighted by Gasteiger charge is -2.21. The molecule has 1 aliphatic heterocycles. The van der Waals surface area contributed by atoms with Gasteiger partial charge in [0.2, 0.25) is 0 Å². The normalized spacial score (nSPS) is 12.4. The number of fused-ring (bicyclic) bond motifs is 3. The average molecular weight is 414 g/mol. The van der Waals surface area contributed by atoms with Crippen molar-refractivity contribution >= 4 is 28.1 Å². The maximum atomic E-state index is 5.92. The summed E-state index contributed by atoms with van der Waals surface area (Å²) in [6.07, 6.45) is 1.55. The van der Waals surface area contributed by atoms with Gasteiger partial charge in [0.05, 0.1) is 23.7 Å². The second-order valence-corrected chi connectivity index (χ2v) is 7.08. The second kappa shape index (κ2) is 8.39. The summed E-state index contributed by atoms with van der Waals surface area (Å²) in [4.78, 5) is 8.84. The monoisotopic (exact) mass is 414 g/mol. The lowest BCUT2D eigenvalue weighted by Crippen LogP contribution is -2.18. The van der Waals surface area contributed by atoms with E-state index in [1.807, 2.05) is 60.7 Å². The summed E-state index contributed by atoms with van der Waals surface area (Å²) in [6.45, 7) is 1.83. The van der Waals surface area contributed by atoms with Gasteiger partial charge in [-0.2, -0.15) is 0 Å². The molecule has 0 bridgehead atoms. The van der Waals surface area contributed by atoms with Crippen molar-refractivity contribution in [3.05, 3.63) is 72.6 Å². The van der Waals surface area contributed by atoms with Crippen molar-refractivity contribution in [2.24, 2.45) is 0 Å². The molecule has 7 heteroatoms. The lowest BCUT2D eigenvalue weighted by molar-refractivity contribution is 0.296. The van der Waals surface area contributed by atoms with Crippen LogP contribution in [0.2, 0.25) is 0 Å². The Morgan fingerprint density at radius 3 is 2.77 bits per heavy atom. The molecule has 1 aliphatic rings. The number of anilines is 3. The zero-order valence-corrected chi connectivity index (χ0v) is 17.1. The van der Waals surface area contributed by atoms with E-state index in [1.54, 1.807) is 13.4 Å². The van der Waals surface area contributed by atoms with Crippen molar-refractivity contribution in [1.29, 1.82) is 0 Å². The fraction of sp³-hybridized carbons (Fsp3) is 0.167. The molecule has 0 fully saturated rings. The first-order chi connectivity index (χ1) is 15.3. The maximum Gasteiger partial charge on any atom is 0.155 e. The smallest absolute Gasteiger partial charge is 0.155 e. The quantitative estimate of drug-likeness (QED) is 0.471. The summed E-state index contributed by atoms with van der Waals surface area (Å²) in [5.41, 5.74) is 3.68. The molecule has 0 amide bonds. The van der Waals surface area contributed by atoms with Gasteiger partial charge in [0.1, 0.15) is 36.9 Å². The molecule has 0 spiro atoms. The van der Waals surface area contributed by atoms with Gasteiger partial charge < -0.3 is 24.8 Å². The van der Waals surface area contributed by atoms with Crippen LogP contribution in [0.4, 0.5) is 17.2 Å². The van der Waals surface area contributed by atoms with Crippen molar-refractivity contribution < 1.29 is 14.2 Å². The summed E-state index contributed by atoms with van der Waals surface area (Å²) in [6, 6.07) is 19.6. The van der Waals surface area contributed by atoms with E-state index in [4.69, 9.17) is 14.2 Å². The Morgan fingerprint density at radius 2 is 1.90 bits per heavy atom. The van der Waals surface area contributed by atoms with Crippen LogP contribution in [-0.4, -0.2) is 30.2 Å². The van der Waals surface area contributed by atoms with Crippen molar-refractivity contribution in [2.45, 2.75) is 6.61 Å². The number of benzene rings is 3. The van der Waals surface area contributed by atoms with Crippen molar-refractivity contribution in [3.8, 4) is 17.2 Å². The van der Waals surface area contributed by atoms with Gasteiger partial charge in [0.25, 0.3) is 0 Å². The fourth-order valence-electron chi connectivity index (χ4n) is 3.60. The number of ether oxygens (including phenoxy) is 3. The van der Waals surface area contributed by atoms with E-state index in [0.717, 1.165) is 51.6 Å². The molecule has 1 aromatic heterocycles. The van der Waals surface area contributed by atoms with Crippen LogP contribution in [0, 0.1) is 0 Å². The summed E-state index contributed by atoms with van der Waals surface area (Å²) in [5.74, 6) is 3.07. The number of nitrogens with one attached hydrogen (secondary N) is 2. The number of nitrogens with zero attached hydrogens (tertiary/aromatic N) is 2. The molecule has 31 heavy (non-hydrogen) atoms. The first-order valence-corrected chi connectivity index (χ1v) is 10.1. The Bertz CT molecular complexity index is 1210. The molecule has 0 aliphatic carbocycles. The number of hydrogen-bond donors (Lipinski definition) is 2. The zero-order chi connectivity index (χ0) is 21.0. The highest BCUT2D eigenvalue weighted by Gasteiger charge is 2.17. The van der Waals surface area contributed by atoms with Crippen LogP contribution < -0.4 is 24.8 Å². The molecule has 0 saturated carbocycles. The average Bonchev–Trinajstić information content (AvgIpc) is 2.83. The van der Waals surface area contributed by atoms with Gasteiger partial charge in [-0.15, -0.1) is 0 Å². The molecule has 0 atom stereocenters. The van der Waals surface area contributed by atoms with Crippen LogP contribution in [0.3, 0.4) is 0 Å². The van der Waals surface area contributed by atoms with Gasteiger partial charge in [-0.25, -0.2) is 9.97 Å². The van der Waals surface area contributed by atoms with E-state index in [2.05, 4.69) is 20.6 Å². The van der Waals surface area contributed by atoms with E-state index in [-0.39, 0.29) is 0 Å². The Kier molecular flexibility index (Phi) is 5.14. The van der Waals surface area contributed by atoms with Crippen LogP contribution in [0.15, 0.2) is 67.0 Å². The van der Waals surface area contributed by atoms with E-state index in [1.165, 1.54) is 0 Å². The van der Waals surface area contributed by atoms with Crippen LogP contribution in [0.25, 0.3) is 10.9 Å². The lowest BCUT2D eigenvalue weighted by atomic mass is 10.1. The summed E-state index contributed by atoms with van der Waals surface area (Å²) < 4.78 is 17.2. The number of hydrogen-bond acceptors (Lipinski definition) is 7. The number of rotatable bonds is 6. The summed E-state index contributed by atoms with van der Waals surface area (Å²) in [5, 5.41) is 7.60. The predicted octanol–water partition coefficient (Wildman–Crippen LogP) is 4.77. The molecular weight excluding hydrogens is 392 g/mol. The summed E-state index contributed by atoms with van der Waals surface area (Å²) >= 11 is 0. The van der Waals surface area contributed by atoms with Crippen LogP contribution in [0.1, 0.15) is 5.56 Å². The standard InChI is InChI=1S/C24H22N4O3/c1-29-21-5-3-2-4-16(21)14-31-18-8-6-17(7-9-18)28-24-22-19(26-15-27-24)10-11-20-23(22)30-13-12-25-20/h2-11,15,25H,12-14H2,1H3,(H,26,27,28). The van der Waals surface area contributed by atoms with Gasteiger partial charge in [-0.3, -0.25) is 0 Å². The fourth-order valence-corrected chi connectivity index (χ4v) is 3.60. The number of aromatic nitrogens is 2. The molecule has 2 heterocycles. The highest BCUT2D eigenvalue weighted by Crippen LogP contribution is 2.39. The first-order valence-electron chi connectivity index (χ1n) is 10.1. The largest absolute Gasteiger partial charge is 0.496 e. The van der Waals surface area contributed by atoms with Crippen molar-refractivity contribution in [3.63, 3.8) is 0 Å². The minimum absolute atomic E-state index is 0.434. The Labute approximate surface area is 180 Å². The second-order valence-electron chi connectivity index (χ2n) is 7.08. The molecule has 3 aromatic carbocycles.